The van der Waals surface area contributed by atoms with E-state index in [1.165, 1.54) is 0 Å². The molecular formula is C16H18N2O2. The molecule has 4 heteroatoms. The standard InChI is InChI=1S/C16H18N2O2/c1-11(12-6-4-3-5-7-12)18-16(19)14-9-8-13(20-2)10-15(14)17/h3-11H,17H2,1-2H3,(H,18,19). The molecule has 0 bridgehead atoms. The van der Waals surface area contributed by atoms with Gasteiger partial charge in [-0.25, -0.2) is 0 Å². The Hall–Kier alpha value is -2.49. The minimum absolute atomic E-state index is 0.0785. The molecule has 1 unspecified atom stereocenters. The van der Waals surface area contributed by atoms with Gasteiger partial charge in [-0.2, -0.15) is 0 Å². The highest BCUT2D eigenvalue weighted by Crippen LogP contribution is 2.20. The normalized spacial score (nSPS) is 11.7. The van der Waals surface area contributed by atoms with E-state index in [0.717, 1.165) is 5.56 Å². The summed E-state index contributed by atoms with van der Waals surface area (Å²) in [5.41, 5.74) is 7.78. The molecular weight excluding hydrogens is 252 g/mol. The average molecular weight is 270 g/mol. The highest BCUT2D eigenvalue weighted by molar-refractivity contribution is 5.99. The van der Waals surface area contributed by atoms with Crippen LogP contribution in [0.3, 0.4) is 0 Å². The number of ether oxygens (including phenoxy) is 1. The van der Waals surface area contributed by atoms with Gasteiger partial charge in [0.25, 0.3) is 5.91 Å². The fraction of sp³-hybridized carbons (Fsp3) is 0.188. The predicted octanol–water partition coefficient (Wildman–Crippen LogP) is 2.77. The van der Waals surface area contributed by atoms with Crippen molar-refractivity contribution in [2.24, 2.45) is 0 Å². The van der Waals surface area contributed by atoms with E-state index in [1.807, 2.05) is 37.3 Å². The number of benzene rings is 2. The number of nitrogen functional groups attached to an aromatic ring is 1. The van der Waals surface area contributed by atoms with E-state index in [1.54, 1.807) is 25.3 Å². The molecule has 0 saturated carbocycles. The predicted molar refractivity (Wildman–Crippen MR) is 79.7 cm³/mol. The molecule has 0 saturated heterocycles. The van der Waals surface area contributed by atoms with Gasteiger partial charge in [-0.1, -0.05) is 30.3 Å². The summed E-state index contributed by atoms with van der Waals surface area (Å²) in [5.74, 6) is 0.441. The van der Waals surface area contributed by atoms with E-state index in [2.05, 4.69) is 5.32 Å². The first-order valence-electron chi connectivity index (χ1n) is 6.41. The second kappa shape index (κ2) is 6.10. The van der Waals surface area contributed by atoms with Gasteiger partial charge < -0.3 is 15.8 Å². The summed E-state index contributed by atoms with van der Waals surface area (Å²) < 4.78 is 5.07. The molecule has 20 heavy (non-hydrogen) atoms. The Morgan fingerprint density at radius 1 is 1.20 bits per heavy atom. The summed E-state index contributed by atoms with van der Waals surface area (Å²) in [4.78, 5) is 12.2. The second-order valence-electron chi connectivity index (χ2n) is 4.56. The third-order valence-electron chi connectivity index (χ3n) is 3.15. The van der Waals surface area contributed by atoms with Crippen molar-refractivity contribution in [1.82, 2.24) is 5.32 Å². The molecule has 0 aliphatic carbocycles. The van der Waals surface area contributed by atoms with Gasteiger partial charge >= 0.3 is 0 Å². The van der Waals surface area contributed by atoms with E-state index in [0.29, 0.717) is 17.0 Å². The molecule has 2 aromatic carbocycles. The number of nitrogens with two attached hydrogens (primary N) is 1. The first-order chi connectivity index (χ1) is 9.61. The molecule has 104 valence electrons. The van der Waals surface area contributed by atoms with Crippen molar-refractivity contribution >= 4 is 11.6 Å². The van der Waals surface area contributed by atoms with Crippen LogP contribution in [0.15, 0.2) is 48.5 Å². The lowest BCUT2D eigenvalue weighted by Crippen LogP contribution is -2.27. The van der Waals surface area contributed by atoms with Crippen LogP contribution in [-0.4, -0.2) is 13.0 Å². The topological polar surface area (TPSA) is 64.3 Å². The van der Waals surface area contributed by atoms with Crippen LogP contribution < -0.4 is 15.8 Å². The number of amides is 1. The van der Waals surface area contributed by atoms with Gasteiger partial charge in [0.15, 0.2) is 0 Å². The summed E-state index contributed by atoms with van der Waals surface area (Å²) in [6, 6.07) is 14.7. The van der Waals surface area contributed by atoms with E-state index in [9.17, 15) is 4.79 Å². The Labute approximate surface area is 118 Å². The van der Waals surface area contributed by atoms with Crippen LogP contribution in [-0.2, 0) is 0 Å². The smallest absolute Gasteiger partial charge is 0.253 e. The molecule has 0 spiro atoms. The van der Waals surface area contributed by atoms with Gasteiger partial charge in [-0.05, 0) is 24.6 Å². The molecule has 4 nitrogen and oxygen atoms in total. The Balaban J connectivity index is 2.12. The maximum atomic E-state index is 12.2. The number of hydrogen-bond donors (Lipinski definition) is 2. The highest BCUT2D eigenvalue weighted by Gasteiger charge is 2.14. The highest BCUT2D eigenvalue weighted by atomic mass is 16.5. The van der Waals surface area contributed by atoms with Crippen LogP contribution in [0.25, 0.3) is 0 Å². The van der Waals surface area contributed by atoms with Crippen LogP contribution in [0.5, 0.6) is 5.75 Å². The van der Waals surface area contributed by atoms with Crippen molar-refractivity contribution in [2.45, 2.75) is 13.0 Å². The molecule has 0 aromatic heterocycles. The number of anilines is 1. The summed E-state index contributed by atoms with van der Waals surface area (Å²) >= 11 is 0. The van der Waals surface area contributed by atoms with Crippen LogP contribution in [0.4, 0.5) is 5.69 Å². The van der Waals surface area contributed by atoms with Crippen molar-refractivity contribution in [1.29, 1.82) is 0 Å². The van der Waals surface area contributed by atoms with Gasteiger partial charge in [0.2, 0.25) is 0 Å². The monoisotopic (exact) mass is 270 g/mol. The minimum atomic E-state index is -0.193. The first-order valence-corrected chi connectivity index (χ1v) is 6.41. The van der Waals surface area contributed by atoms with Crippen molar-refractivity contribution in [3.8, 4) is 5.75 Å². The maximum absolute atomic E-state index is 12.2. The zero-order valence-electron chi connectivity index (χ0n) is 11.6. The van der Waals surface area contributed by atoms with Gasteiger partial charge in [0.1, 0.15) is 5.75 Å². The lowest BCUT2D eigenvalue weighted by atomic mass is 10.1. The lowest BCUT2D eigenvalue weighted by Gasteiger charge is -2.15. The Kier molecular flexibility index (Phi) is 4.25. The summed E-state index contributed by atoms with van der Waals surface area (Å²) in [6.07, 6.45) is 0. The molecule has 2 rings (SSSR count). The van der Waals surface area contributed by atoms with E-state index < -0.39 is 0 Å². The third-order valence-corrected chi connectivity index (χ3v) is 3.15. The van der Waals surface area contributed by atoms with Gasteiger partial charge in [-0.3, -0.25) is 4.79 Å². The summed E-state index contributed by atoms with van der Waals surface area (Å²) in [5, 5.41) is 2.93. The van der Waals surface area contributed by atoms with Gasteiger partial charge in [0, 0.05) is 11.8 Å². The zero-order chi connectivity index (χ0) is 14.5. The average Bonchev–Trinajstić information content (AvgIpc) is 2.47. The maximum Gasteiger partial charge on any atom is 0.253 e. The molecule has 2 aromatic rings. The number of carbonyl (C=O) groups excluding carboxylic acids is 1. The second-order valence-corrected chi connectivity index (χ2v) is 4.56. The van der Waals surface area contributed by atoms with Gasteiger partial charge in [-0.15, -0.1) is 0 Å². The number of carbonyl (C=O) groups is 1. The molecule has 1 amide bonds. The van der Waals surface area contributed by atoms with E-state index >= 15 is 0 Å². The molecule has 0 aliphatic rings. The summed E-state index contributed by atoms with van der Waals surface area (Å²) in [7, 11) is 1.56. The molecule has 0 fully saturated rings. The SMILES string of the molecule is COc1ccc(C(=O)NC(C)c2ccccc2)c(N)c1. The molecule has 0 heterocycles. The van der Waals surface area contributed by atoms with Crippen molar-refractivity contribution in [3.05, 3.63) is 59.7 Å². The van der Waals surface area contributed by atoms with Crippen LogP contribution in [0.2, 0.25) is 0 Å². The van der Waals surface area contributed by atoms with Crippen molar-refractivity contribution < 1.29 is 9.53 Å². The molecule has 3 N–H and O–H groups in total. The lowest BCUT2D eigenvalue weighted by molar-refractivity contribution is 0.0941. The summed E-state index contributed by atoms with van der Waals surface area (Å²) in [6.45, 7) is 1.94. The molecule has 0 aliphatic heterocycles. The Morgan fingerprint density at radius 2 is 1.90 bits per heavy atom. The number of hydrogen-bond acceptors (Lipinski definition) is 3. The molecule has 0 radical (unpaired) electrons. The Bertz CT molecular complexity index is 597. The van der Waals surface area contributed by atoms with E-state index in [-0.39, 0.29) is 11.9 Å². The quantitative estimate of drug-likeness (QED) is 0.840. The van der Waals surface area contributed by atoms with Crippen molar-refractivity contribution in [2.75, 3.05) is 12.8 Å². The van der Waals surface area contributed by atoms with Crippen molar-refractivity contribution in [3.63, 3.8) is 0 Å². The number of rotatable bonds is 4. The number of methoxy groups -OCH3 is 1. The largest absolute Gasteiger partial charge is 0.497 e. The van der Waals surface area contributed by atoms with Crippen LogP contribution in [0, 0.1) is 0 Å². The first kappa shape index (κ1) is 13.9. The number of nitrogens with one attached hydrogen (secondary N) is 1. The van der Waals surface area contributed by atoms with Crippen LogP contribution in [0.1, 0.15) is 28.9 Å². The van der Waals surface area contributed by atoms with E-state index in [4.69, 9.17) is 10.5 Å². The fourth-order valence-corrected chi connectivity index (χ4v) is 1.97. The fourth-order valence-electron chi connectivity index (χ4n) is 1.97. The van der Waals surface area contributed by atoms with Gasteiger partial charge in [0.05, 0.1) is 18.7 Å². The Morgan fingerprint density at radius 3 is 2.50 bits per heavy atom. The molecule has 1 atom stereocenters. The minimum Gasteiger partial charge on any atom is -0.497 e. The van der Waals surface area contributed by atoms with Crippen LogP contribution >= 0.6 is 0 Å². The zero-order valence-corrected chi connectivity index (χ0v) is 11.6. The third kappa shape index (κ3) is 3.09.